The second-order valence-electron chi connectivity index (χ2n) is 9.01. The Morgan fingerprint density at radius 1 is 1.22 bits per heavy atom. The highest BCUT2D eigenvalue weighted by Gasteiger charge is 2.36. The number of nitrogen functional groups attached to an aromatic ring is 1. The van der Waals surface area contributed by atoms with Gasteiger partial charge in [0.15, 0.2) is 5.78 Å². The van der Waals surface area contributed by atoms with Crippen molar-refractivity contribution in [2.45, 2.75) is 31.3 Å². The molecular weight excluding hydrogens is 509 g/mol. The number of fused-ring (bicyclic) bond motifs is 1. The molecule has 9 nitrogen and oxygen atoms in total. The number of anilines is 3. The maximum absolute atomic E-state index is 13.4. The predicted octanol–water partition coefficient (Wildman–Crippen LogP) is 4.66. The number of nitrogens with two attached hydrogens (primary N) is 1. The minimum absolute atomic E-state index is 0.00833. The highest BCUT2D eigenvalue weighted by Crippen LogP contribution is 2.47. The Bertz CT molecular complexity index is 1350. The molecule has 3 aromatic rings. The van der Waals surface area contributed by atoms with Crippen LogP contribution >= 0.6 is 10.6 Å². The summed E-state index contributed by atoms with van der Waals surface area (Å²) < 4.78 is 60.9. The molecule has 2 aromatic carbocycles. The Morgan fingerprint density at radius 3 is 2.59 bits per heavy atom. The van der Waals surface area contributed by atoms with Gasteiger partial charge in [0.2, 0.25) is 0 Å². The molecule has 1 aliphatic rings. The van der Waals surface area contributed by atoms with Gasteiger partial charge in [-0.2, -0.15) is 23.8 Å². The SMILES string of the molecule is CNc1cc2c(N[C@H](C)c3cc(N)cc(C(F)(F)F)c3)nc(C)nc2cc1C(=O)[C@H]1CNCCS1(O)O. The molecule has 0 amide bonds. The van der Waals surface area contributed by atoms with Crippen molar-refractivity contribution in [1.82, 2.24) is 15.3 Å². The highest BCUT2D eigenvalue weighted by molar-refractivity contribution is 8.25. The molecule has 1 fully saturated rings. The molecule has 0 saturated carbocycles. The van der Waals surface area contributed by atoms with Gasteiger partial charge in [0, 0.05) is 42.5 Å². The number of nitrogens with zero attached hydrogens (tertiary/aromatic N) is 2. The number of benzene rings is 2. The Kier molecular flexibility index (Phi) is 7.25. The van der Waals surface area contributed by atoms with Crippen molar-refractivity contribution in [3.8, 4) is 0 Å². The van der Waals surface area contributed by atoms with Gasteiger partial charge >= 0.3 is 6.18 Å². The number of nitrogens with one attached hydrogen (secondary N) is 3. The van der Waals surface area contributed by atoms with Crippen molar-refractivity contribution >= 4 is 44.5 Å². The van der Waals surface area contributed by atoms with Gasteiger partial charge in [-0.25, -0.2) is 9.97 Å². The lowest BCUT2D eigenvalue weighted by Crippen LogP contribution is -2.45. The van der Waals surface area contributed by atoms with Crippen molar-refractivity contribution in [1.29, 1.82) is 0 Å². The first-order chi connectivity index (χ1) is 17.3. The zero-order valence-corrected chi connectivity index (χ0v) is 21.3. The van der Waals surface area contributed by atoms with Gasteiger partial charge < -0.3 is 21.7 Å². The molecule has 1 aromatic heterocycles. The van der Waals surface area contributed by atoms with Crippen molar-refractivity contribution < 1.29 is 27.1 Å². The first kappa shape index (κ1) is 26.9. The molecule has 2 heterocycles. The summed E-state index contributed by atoms with van der Waals surface area (Å²) >= 11 is 0. The van der Waals surface area contributed by atoms with Crippen molar-refractivity contribution in [2.75, 3.05) is 42.3 Å². The number of carbonyl (C=O) groups excluding carboxylic acids is 1. The van der Waals surface area contributed by atoms with Crippen LogP contribution in [0.4, 0.5) is 30.4 Å². The third-order valence-corrected chi connectivity index (χ3v) is 8.39. The number of Topliss-reactive ketones (excluding diaryl/α,β-unsaturated/α-hetero) is 1. The summed E-state index contributed by atoms with van der Waals surface area (Å²) in [6, 6.07) is 6.03. The fourth-order valence-electron chi connectivity index (χ4n) is 4.36. The second-order valence-corrected chi connectivity index (χ2v) is 11.4. The van der Waals surface area contributed by atoms with Crippen LogP contribution in [0.1, 0.15) is 40.3 Å². The summed E-state index contributed by atoms with van der Waals surface area (Å²) in [5.74, 6) is 0.422. The van der Waals surface area contributed by atoms with Crippen LogP contribution < -0.4 is 21.7 Å². The number of carbonyl (C=O) groups is 1. The van der Waals surface area contributed by atoms with Crippen LogP contribution in [-0.4, -0.2) is 56.0 Å². The van der Waals surface area contributed by atoms with E-state index in [4.69, 9.17) is 5.73 Å². The van der Waals surface area contributed by atoms with E-state index in [-0.39, 0.29) is 23.5 Å². The third-order valence-electron chi connectivity index (χ3n) is 6.30. The van der Waals surface area contributed by atoms with E-state index in [9.17, 15) is 27.1 Å². The normalized spacial score (nSPS) is 19.3. The lowest BCUT2D eigenvalue weighted by Gasteiger charge is -2.43. The van der Waals surface area contributed by atoms with Crippen molar-refractivity contribution in [3.63, 3.8) is 0 Å². The molecule has 200 valence electrons. The molecule has 0 aliphatic carbocycles. The van der Waals surface area contributed by atoms with Gasteiger partial charge in [-0.05, 0) is 49.7 Å². The summed E-state index contributed by atoms with van der Waals surface area (Å²) in [7, 11) is -1.47. The minimum atomic E-state index is -4.54. The lowest BCUT2D eigenvalue weighted by molar-refractivity contribution is -0.137. The van der Waals surface area contributed by atoms with Gasteiger partial charge in [-0.1, -0.05) is 0 Å². The number of rotatable bonds is 6. The molecule has 0 bridgehead atoms. The van der Waals surface area contributed by atoms with Crippen LogP contribution in [0.2, 0.25) is 0 Å². The molecule has 37 heavy (non-hydrogen) atoms. The Labute approximate surface area is 213 Å². The van der Waals surface area contributed by atoms with Crippen LogP contribution in [0, 0.1) is 6.92 Å². The van der Waals surface area contributed by atoms with E-state index in [0.29, 0.717) is 40.3 Å². The van der Waals surface area contributed by atoms with Crippen LogP contribution in [0.5, 0.6) is 0 Å². The number of hydrogen-bond acceptors (Lipinski definition) is 9. The molecule has 13 heteroatoms. The minimum Gasteiger partial charge on any atom is -0.399 e. The maximum atomic E-state index is 13.4. The van der Waals surface area contributed by atoms with Crippen molar-refractivity contribution in [2.24, 2.45) is 0 Å². The smallest absolute Gasteiger partial charge is 0.399 e. The molecule has 2 atom stereocenters. The molecule has 0 unspecified atom stereocenters. The number of aromatic nitrogens is 2. The Balaban J connectivity index is 1.74. The molecular formula is C24H29F3N6O3S. The number of hydrogen-bond donors (Lipinski definition) is 6. The Hall–Kier alpha value is -3.13. The summed E-state index contributed by atoms with van der Waals surface area (Å²) in [5, 5.41) is 8.70. The average Bonchev–Trinajstić information content (AvgIpc) is 2.81. The lowest BCUT2D eigenvalue weighted by atomic mass is 10.0. The largest absolute Gasteiger partial charge is 0.416 e. The van der Waals surface area contributed by atoms with Crippen LogP contribution in [-0.2, 0) is 6.18 Å². The molecule has 4 rings (SSSR count). The van der Waals surface area contributed by atoms with E-state index in [1.807, 2.05) is 0 Å². The standard InChI is InChI=1S/C24H29F3N6O3S/c1-12(14-6-15(24(25,26)27)8-16(28)7-14)31-23-18-10-19(29-3)17(9-20(18)32-13(2)33-23)22(34)21-11-30-4-5-37(21,35)36/h6-10,12,21,29-30,35-36H,4-5,11,28H2,1-3H3,(H,31,32,33)/t12-,21-/m1/s1. The van der Waals surface area contributed by atoms with E-state index in [2.05, 4.69) is 25.9 Å². The van der Waals surface area contributed by atoms with E-state index >= 15 is 0 Å². The monoisotopic (exact) mass is 538 g/mol. The third kappa shape index (κ3) is 5.59. The zero-order chi connectivity index (χ0) is 27.1. The average molecular weight is 539 g/mol. The van der Waals surface area contributed by atoms with Crippen molar-refractivity contribution in [3.05, 3.63) is 52.8 Å². The molecule has 1 aliphatic heterocycles. The summed E-state index contributed by atoms with van der Waals surface area (Å²) in [6.07, 6.45) is -4.54. The fraction of sp³-hybridized carbons (Fsp3) is 0.375. The molecule has 1 saturated heterocycles. The summed E-state index contributed by atoms with van der Waals surface area (Å²) in [6.45, 7) is 3.91. The van der Waals surface area contributed by atoms with Crippen LogP contribution in [0.3, 0.4) is 0 Å². The molecule has 0 spiro atoms. The first-order valence-corrected chi connectivity index (χ1v) is 13.3. The van der Waals surface area contributed by atoms with E-state index in [0.717, 1.165) is 12.1 Å². The number of ketones is 1. The van der Waals surface area contributed by atoms with Gasteiger partial charge in [0.1, 0.15) is 16.9 Å². The van der Waals surface area contributed by atoms with Gasteiger partial charge in [-0.3, -0.25) is 13.9 Å². The van der Waals surface area contributed by atoms with Crippen LogP contribution in [0.25, 0.3) is 10.9 Å². The molecule has 0 radical (unpaired) electrons. The van der Waals surface area contributed by atoms with E-state index in [1.165, 1.54) is 6.07 Å². The predicted molar refractivity (Wildman–Crippen MR) is 140 cm³/mol. The van der Waals surface area contributed by atoms with Gasteiger partial charge in [0.05, 0.1) is 22.9 Å². The summed E-state index contributed by atoms with van der Waals surface area (Å²) in [4.78, 5) is 22.3. The number of aryl methyl sites for hydroxylation is 1. The molecule has 7 N–H and O–H groups in total. The topological polar surface area (TPSA) is 145 Å². The fourth-order valence-corrected chi connectivity index (χ4v) is 5.94. The highest BCUT2D eigenvalue weighted by atomic mass is 32.3. The number of halogens is 3. The second kappa shape index (κ2) is 9.97. The Morgan fingerprint density at radius 2 is 1.95 bits per heavy atom. The van der Waals surface area contributed by atoms with Gasteiger partial charge in [0.25, 0.3) is 0 Å². The number of alkyl halides is 3. The van der Waals surface area contributed by atoms with Gasteiger partial charge in [-0.15, -0.1) is 0 Å². The van der Waals surface area contributed by atoms with E-state index in [1.54, 1.807) is 33.0 Å². The zero-order valence-electron chi connectivity index (χ0n) is 20.5. The maximum Gasteiger partial charge on any atom is 0.416 e. The van der Waals surface area contributed by atoms with E-state index < -0.39 is 39.4 Å². The first-order valence-electron chi connectivity index (χ1n) is 11.5. The van der Waals surface area contributed by atoms with Crippen LogP contribution in [0.15, 0.2) is 30.3 Å². The summed E-state index contributed by atoms with van der Waals surface area (Å²) in [5.41, 5.74) is 6.32. The quantitative estimate of drug-likeness (QED) is 0.195.